The van der Waals surface area contributed by atoms with E-state index in [1.807, 2.05) is 0 Å². The molecule has 3 N–H and O–H groups in total. The second kappa shape index (κ2) is 1.05. The number of carbonyl (C=O) groups is 1. The van der Waals surface area contributed by atoms with Crippen molar-refractivity contribution in [2.75, 3.05) is 0 Å². The first-order valence-electron chi connectivity index (χ1n) is 2.85. The molecule has 0 aromatic carbocycles. The minimum Gasteiger partial charge on any atom is -0.351 e. The molecule has 1 saturated carbocycles. The molecule has 0 spiro atoms. The van der Waals surface area contributed by atoms with Gasteiger partial charge in [0.1, 0.15) is 0 Å². The van der Waals surface area contributed by atoms with Crippen LogP contribution in [0.2, 0.25) is 0 Å². The second-order valence-corrected chi connectivity index (χ2v) is 2.53. The molecule has 8 heavy (non-hydrogen) atoms. The van der Waals surface area contributed by atoms with E-state index in [-0.39, 0.29) is 17.9 Å². The van der Waals surface area contributed by atoms with Gasteiger partial charge in [0.05, 0.1) is 5.92 Å². The quantitative estimate of drug-likeness (QED) is 0.415. The van der Waals surface area contributed by atoms with E-state index in [2.05, 4.69) is 5.32 Å². The number of nitrogens with two attached hydrogens (primary N) is 1. The summed E-state index contributed by atoms with van der Waals surface area (Å²) in [5, 5.41) is 2.78. The van der Waals surface area contributed by atoms with Crippen molar-refractivity contribution in [2.24, 2.45) is 11.7 Å². The van der Waals surface area contributed by atoms with Crippen molar-refractivity contribution < 1.29 is 4.79 Å². The van der Waals surface area contributed by atoms with Crippen LogP contribution in [0.3, 0.4) is 0 Å². The molecule has 2 bridgehead atoms. The van der Waals surface area contributed by atoms with Gasteiger partial charge in [0, 0.05) is 12.1 Å². The Labute approximate surface area is 47.2 Å². The highest BCUT2D eigenvalue weighted by atomic mass is 16.2. The van der Waals surface area contributed by atoms with Crippen molar-refractivity contribution in [3.8, 4) is 0 Å². The van der Waals surface area contributed by atoms with Crippen molar-refractivity contribution in [3.63, 3.8) is 0 Å². The lowest BCUT2D eigenvalue weighted by Crippen LogP contribution is -2.48. The largest absolute Gasteiger partial charge is 0.351 e. The van der Waals surface area contributed by atoms with Gasteiger partial charge in [0.2, 0.25) is 5.91 Å². The normalized spacial score (nSPS) is 50.6. The van der Waals surface area contributed by atoms with Gasteiger partial charge in [0.15, 0.2) is 0 Å². The first-order valence-corrected chi connectivity index (χ1v) is 2.85. The molecule has 44 valence electrons. The van der Waals surface area contributed by atoms with Gasteiger partial charge < -0.3 is 11.1 Å². The van der Waals surface area contributed by atoms with E-state index in [0.717, 1.165) is 6.42 Å². The fraction of sp³-hybridized carbons (Fsp3) is 0.800. The van der Waals surface area contributed by atoms with Crippen LogP contribution < -0.4 is 11.1 Å². The third-order valence-electron chi connectivity index (χ3n) is 2.10. The van der Waals surface area contributed by atoms with Gasteiger partial charge in [-0.25, -0.2) is 0 Å². The number of hydrogen-bond acceptors (Lipinski definition) is 2. The van der Waals surface area contributed by atoms with Gasteiger partial charge in [-0.2, -0.15) is 0 Å². The Morgan fingerprint density at radius 2 is 2.50 bits per heavy atom. The molecule has 3 atom stereocenters. The molecule has 3 aliphatic rings. The Morgan fingerprint density at radius 3 is 2.62 bits per heavy atom. The Morgan fingerprint density at radius 1 is 1.75 bits per heavy atom. The summed E-state index contributed by atoms with van der Waals surface area (Å²) in [7, 11) is 0. The topological polar surface area (TPSA) is 55.1 Å². The molecule has 2 saturated heterocycles. The van der Waals surface area contributed by atoms with Gasteiger partial charge in [0.25, 0.3) is 0 Å². The zero-order valence-corrected chi connectivity index (χ0v) is 4.42. The fourth-order valence-corrected chi connectivity index (χ4v) is 1.40. The second-order valence-electron chi connectivity index (χ2n) is 2.53. The fourth-order valence-electron chi connectivity index (χ4n) is 1.40. The first-order chi connectivity index (χ1) is 3.79. The third kappa shape index (κ3) is 0.282. The van der Waals surface area contributed by atoms with Crippen LogP contribution >= 0.6 is 0 Å². The predicted molar refractivity (Wildman–Crippen MR) is 28.0 cm³/mol. The lowest BCUT2D eigenvalue weighted by atomic mass is 9.81. The van der Waals surface area contributed by atoms with Crippen LogP contribution in [-0.2, 0) is 4.79 Å². The van der Waals surface area contributed by atoms with Crippen molar-refractivity contribution >= 4 is 5.91 Å². The number of carbonyl (C=O) groups excluding carboxylic acids is 1. The average molecular weight is 112 g/mol. The lowest BCUT2D eigenvalue weighted by Gasteiger charge is -2.27. The summed E-state index contributed by atoms with van der Waals surface area (Å²) in [4.78, 5) is 10.6. The average Bonchev–Trinajstić information content (AvgIpc) is 2.19. The third-order valence-corrected chi connectivity index (χ3v) is 2.10. The maximum Gasteiger partial charge on any atom is 0.225 e. The summed E-state index contributed by atoms with van der Waals surface area (Å²) in [6.07, 6.45) is 0.972. The van der Waals surface area contributed by atoms with Gasteiger partial charge >= 0.3 is 0 Å². The molecule has 2 heterocycles. The molecule has 3 nitrogen and oxygen atoms in total. The summed E-state index contributed by atoms with van der Waals surface area (Å²) in [5.41, 5.74) is 5.54. The molecule has 3 rings (SSSR count). The highest BCUT2D eigenvalue weighted by molar-refractivity contribution is 5.85. The Hall–Kier alpha value is -0.570. The monoisotopic (exact) mass is 112 g/mol. The molecule has 2 aliphatic heterocycles. The maximum atomic E-state index is 10.6. The van der Waals surface area contributed by atoms with Crippen molar-refractivity contribution in [1.29, 1.82) is 0 Å². The molecule has 1 unspecified atom stereocenters. The molecule has 3 fully saturated rings. The van der Waals surface area contributed by atoms with Crippen LogP contribution in [0.4, 0.5) is 0 Å². The van der Waals surface area contributed by atoms with Crippen molar-refractivity contribution in [3.05, 3.63) is 0 Å². The molecule has 0 radical (unpaired) electrons. The Balaban J connectivity index is 2.24. The summed E-state index contributed by atoms with van der Waals surface area (Å²) >= 11 is 0. The van der Waals surface area contributed by atoms with Gasteiger partial charge in [-0.15, -0.1) is 0 Å². The van der Waals surface area contributed by atoms with Crippen LogP contribution in [0.25, 0.3) is 0 Å². The molecule has 1 amide bonds. The Kier molecular flexibility index (Phi) is 0.568. The van der Waals surface area contributed by atoms with E-state index in [9.17, 15) is 4.79 Å². The van der Waals surface area contributed by atoms with Gasteiger partial charge in [-0.1, -0.05) is 0 Å². The van der Waals surface area contributed by atoms with Crippen LogP contribution in [0.1, 0.15) is 6.42 Å². The molecular formula is C5H8N2O. The van der Waals surface area contributed by atoms with Gasteiger partial charge in [-0.3, -0.25) is 4.79 Å². The van der Waals surface area contributed by atoms with E-state index in [4.69, 9.17) is 5.73 Å². The van der Waals surface area contributed by atoms with Crippen LogP contribution in [0.5, 0.6) is 0 Å². The lowest BCUT2D eigenvalue weighted by molar-refractivity contribution is -0.121. The van der Waals surface area contributed by atoms with Crippen molar-refractivity contribution in [2.45, 2.75) is 18.5 Å². The molecule has 1 aliphatic carbocycles. The molecule has 3 heteroatoms. The van der Waals surface area contributed by atoms with Gasteiger partial charge in [-0.05, 0) is 6.42 Å². The maximum absolute atomic E-state index is 10.6. The van der Waals surface area contributed by atoms with Crippen LogP contribution in [-0.4, -0.2) is 18.0 Å². The summed E-state index contributed by atoms with van der Waals surface area (Å²) in [5.74, 6) is 0.308. The minimum absolute atomic E-state index is 0.127. The summed E-state index contributed by atoms with van der Waals surface area (Å²) in [6.45, 7) is 0. The standard InChI is InChI=1S/C5H8N2O/c6-4-2-1-3(4)7-5(2)8/h2-4H,1,6H2,(H,7,8)/t2-,3+,4?/m0/s1. The highest BCUT2D eigenvalue weighted by Crippen LogP contribution is 2.32. The number of rotatable bonds is 0. The molecule has 0 aromatic rings. The first kappa shape index (κ1) is 4.32. The summed E-state index contributed by atoms with van der Waals surface area (Å²) in [6, 6.07) is 0.440. The Bertz CT molecular complexity index is 145. The zero-order valence-electron chi connectivity index (χ0n) is 4.42. The van der Waals surface area contributed by atoms with E-state index < -0.39 is 0 Å². The minimum atomic E-state index is 0.127. The zero-order chi connectivity index (χ0) is 5.72. The smallest absolute Gasteiger partial charge is 0.225 e. The van der Waals surface area contributed by atoms with Crippen LogP contribution in [0, 0.1) is 5.92 Å². The molecular weight excluding hydrogens is 104 g/mol. The van der Waals surface area contributed by atoms with E-state index in [1.54, 1.807) is 0 Å². The number of nitrogens with one attached hydrogen (secondary N) is 1. The highest BCUT2D eigenvalue weighted by Gasteiger charge is 2.50. The van der Waals surface area contributed by atoms with E-state index in [0.29, 0.717) is 6.04 Å². The summed E-state index contributed by atoms with van der Waals surface area (Å²) < 4.78 is 0. The number of hydrogen-bond donors (Lipinski definition) is 2. The predicted octanol–water partition coefficient (Wildman–Crippen LogP) is -1.17. The van der Waals surface area contributed by atoms with Crippen molar-refractivity contribution in [1.82, 2.24) is 5.32 Å². The number of amides is 1. The molecule has 0 aromatic heterocycles. The SMILES string of the molecule is NC1[C@@H]2C[C@H]1NC2=O. The van der Waals surface area contributed by atoms with E-state index >= 15 is 0 Å². The van der Waals surface area contributed by atoms with E-state index in [1.165, 1.54) is 0 Å². The number of fused-ring (bicyclic) bond motifs is 1. The van der Waals surface area contributed by atoms with Crippen LogP contribution in [0.15, 0.2) is 0 Å².